The van der Waals surface area contributed by atoms with Crippen LogP contribution in [0.2, 0.25) is 0 Å². The zero-order valence-electron chi connectivity index (χ0n) is 7.63. The molecule has 0 aliphatic rings. The van der Waals surface area contributed by atoms with E-state index in [-0.39, 0.29) is 0 Å². The van der Waals surface area contributed by atoms with Crippen LogP contribution in [0.3, 0.4) is 0 Å². The van der Waals surface area contributed by atoms with Crippen molar-refractivity contribution in [2.45, 2.75) is 19.9 Å². The van der Waals surface area contributed by atoms with E-state index in [1.54, 1.807) is 11.3 Å². The van der Waals surface area contributed by atoms with E-state index in [4.69, 9.17) is 5.73 Å². The highest BCUT2D eigenvalue weighted by Gasteiger charge is 2.11. The summed E-state index contributed by atoms with van der Waals surface area (Å²) in [5.41, 5.74) is 7.01. The molecule has 0 saturated heterocycles. The average Bonchev–Trinajstić information content (AvgIpc) is 2.47. The zero-order chi connectivity index (χ0) is 8.97. The summed E-state index contributed by atoms with van der Waals surface area (Å²) < 4.78 is 0. The van der Waals surface area contributed by atoms with Crippen LogP contribution in [-0.4, -0.2) is 13.1 Å². The first-order valence-electron chi connectivity index (χ1n) is 4.27. The second kappa shape index (κ2) is 4.60. The molecule has 0 saturated carbocycles. The van der Waals surface area contributed by atoms with Crippen molar-refractivity contribution in [3.63, 3.8) is 0 Å². The number of hydrogen-bond donors (Lipinski definition) is 2. The number of rotatable bonds is 4. The normalized spacial score (nSPS) is 13.2. The van der Waals surface area contributed by atoms with Gasteiger partial charge in [-0.15, -0.1) is 11.3 Å². The van der Waals surface area contributed by atoms with E-state index in [1.807, 2.05) is 0 Å². The smallest absolute Gasteiger partial charge is 0.0541 e. The van der Waals surface area contributed by atoms with Crippen LogP contribution in [-0.2, 0) is 0 Å². The minimum absolute atomic E-state index is 0.343. The van der Waals surface area contributed by atoms with E-state index < -0.39 is 0 Å². The monoisotopic (exact) mass is 184 g/mol. The minimum Gasteiger partial charge on any atom is -0.329 e. The van der Waals surface area contributed by atoms with Crippen LogP contribution in [0.4, 0.5) is 0 Å². The van der Waals surface area contributed by atoms with Gasteiger partial charge in [-0.1, -0.05) is 6.92 Å². The second-order valence-electron chi connectivity index (χ2n) is 2.81. The Labute approximate surface area is 77.8 Å². The van der Waals surface area contributed by atoms with Crippen molar-refractivity contribution in [1.82, 2.24) is 5.32 Å². The molecule has 0 aliphatic carbocycles. The summed E-state index contributed by atoms with van der Waals surface area (Å²) in [6, 6.07) is 2.48. The first kappa shape index (κ1) is 9.71. The number of nitrogens with one attached hydrogen (secondary N) is 1. The van der Waals surface area contributed by atoms with Crippen molar-refractivity contribution < 1.29 is 0 Å². The molecule has 0 aromatic carbocycles. The van der Waals surface area contributed by atoms with Crippen molar-refractivity contribution in [1.29, 1.82) is 0 Å². The number of likely N-dealkylation sites (N-methyl/N-ethyl adjacent to an activating group) is 1. The highest BCUT2D eigenvalue weighted by molar-refractivity contribution is 7.10. The first-order valence-corrected chi connectivity index (χ1v) is 5.15. The maximum absolute atomic E-state index is 5.66. The lowest BCUT2D eigenvalue weighted by Crippen LogP contribution is -2.27. The number of thiophene rings is 1. The Morgan fingerprint density at radius 2 is 2.42 bits per heavy atom. The van der Waals surface area contributed by atoms with E-state index in [0.29, 0.717) is 12.6 Å². The molecule has 1 unspecified atom stereocenters. The molecule has 12 heavy (non-hydrogen) atoms. The third-order valence-electron chi connectivity index (χ3n) is 1.90. The molecule has 1 aromatic rings. The van der Waals surface area contributed by atoms with E-state index in [1.165, 1.54) is 10.4 Å². The molecule has 3 N–H and O–H groups in total. The third-order valence-corrected chi connectivity index (χ3v) is 3.04. The van der Waals surface area contributed by atoms with Crippen LogP contribution in [0.5, 0.6) is 0 Å². The Kier molecular flexibility index (Phi) is 3.72. The fourth-order valence-corrected chi connectivity index (χ4v) is 2.29. The Morgan fingerprint density at radius 3 is 2.83 bits per heavy atom. The van der Waals surface area contributed by atoms with Gasteiger partial charge in [0.2, 0.25) is 0 Å². The molecule has 1 heterocycles. The predicted molar refractivity (Wildman–Crippen MR) is 54.5 cm³/mol. The minimum atomic E-state index is 0.343. The van der Waals surface area contributed by atoms with E-state index in [9.17, 15) is 0 Å². The number of aryl methyl sites for hydroxylation is 1. The van der Waals surface area contributed by atoms with Crippen molar-refractivity contribution in [3.8, 4) is 0 Å². The first-order chi connectivity index (χ1) is 5.79. The van der Waals surface area contributed by atoms with Crippen LogP contribution in [0.15, 0.2) is 11.4 Å². The van der Waals surface area contributed by atoms with Gasteiger partial charge in [0.25, 0.3) is 0 Å². The summed E-state index contributed by atoms with van der Waals surface area (Å²) in [7, 11) is 0. The van der Waals surface area contributed by atoms with Gasteiger partial charge in [0.05, 0.1) is 6.04 Å². The molecule has 0 amide bonds. The lowest BCUT2D eigenvalue weighted by Gasteiger charge is -2.14. The second-order valence-corrected chi connectivity index (χ2v) is 3.76. The van der Waals surface area contributed by atoms with Crippen molar-refractivity contribution in [2.75, 3.05) is 13.1 Å². The number of hydrogen-bond acceptors (Lipinski definition) is 3. The molecule has 0 aliphatic heterocycles. The molecule has 2 nitrogen and oxygen atoms in total. The Morgan fingerprint density at radius 1 is 1.67 bits per heavy atom. The molecule has 1 rings (SSSR count). The van der Waals surface area contributed by atoms with Gasteiger partial charge in [-0.25, -0.2) is 0 Å². The Bertz CT molecular complexity index is 232. The highest BCUT2D eigenvalue weighted by Crippen LogP contribution is 2.22. The summed E-state index contributed by atoms with van der Waals surface area (Å²) >= 11 is 1.78. The Hall–Kier alpha value is -0.380. The van der Waals surface area contributed by atoms with Crippen LogP contribution in [0.1, 0.15) is 23.4 Å². The van der Waals surface area contributed by atoms with Crippen LogP contribution < -0.4 is 11.1 Å². The standard InChI is InChI=1S/C9H16N2S/c1-3-11-8(6-10)9-7(2)4-5-12-9/h4-5,8,11H,3,6,10H2,1-2H3. The molecule has 1 aromatic heterocycles. The molecular weight excluding hydrogens is 168 g/mol. The van der Waals surface area contributed by atoms with Gasteiger partial charge in [-0.2, -0.15) is 0 Å². The lowest BCUT2D eigenvalue weighted by molar-refractivity contribution is 0.568. The molecular formula is C9H16N2S. The fourth-order valence-electron chi connectivity index (χ4n) is 1.27. The molecule has 3 heteroatoms. The molecule has 0 spiro atoms. The SMILES string of the molecule is CCNC(CN)c1sccc1C. The summed E-state index contributed by atoms with van der Waals surface area (Å²) in [5, 5.41) is 5.48. The van der Waals surface area contributed by atoms with Crippen molar-refractivity contribution in [2.24, 2.45) is 5.73 Å². The fraction of sp³-hybridized carbons (Fsp3) is 0.556. The molecule has 0 radical (unpaired) electrons. The van der Waals surface area contributed by atoms with Crippen molar-refractivity contribution in [3.05, 3.63) is 21.9 Å². The van der Waals surface area contributed by atoms with Gasteiger partial charge in [0.1, 0.15) is 0 Å². The van der Waals surface area contributed by atoms with E-state index >= 15 is 0 Å². The van der Waals surface area contributed by atoms with Gasteiger partial charge in [0.15, 0.2) is 0 Å². The van der Waals surface area contributed by atoms with Gasteiger partial charge in [-0.3, -0.25) is 0 Å². The zero-order valence-corrected chi connectivity index (χ0v) is 8.45. The number of nitrogens with two attached hydrogens (primary N) is 1. The average molecular weight is 184 g/mol. The van der Waals surface area contributed by atoms with E-state index in [0.717, 1.165) is 6.54 Å². The third kappa shape index (κ3) is 2.06. The van der Waals surface area contributed by atoms with Crippen LogP contribution >= 0.6 is 11.3 Å². The maximum Gasteiger partial charge on any atom is 0.0541 e. The van der Waals surface area contributed by atoms with Crippen LogP contribution in [0, 0.1) is 6.92 Å². The van der Waals surface area contributed by atoms with Crippen molar-refractivity contribution >= 4 is 11.3 Å². The summed E-state index contributed by atoms with van der Waals surface area (Å²) in [6.07, 6.45) is 0. The van der Waals surface area contributed by atoms with Gasteiger partial charge >= 0.3 is 0 Å². The quantitative estimate of drug-likeness (QED) is 0.747. The molecule has 68 valence electrons. The van der Waals surface area contributed by atoms with Gasteiger partial charge in [0, 0.05) is 11.4 Å². The molecule has 1 atom stereocenters. The summed E-state index contributed by atoms with van der Waals surface area (Å²) in [5.74, 6) is 0. The summed E-state index contributed by atoms with van der Waals surface area (Å²) in [4.78, 5) is 1.37. The maximum atomic E-state index is 5.66. The van der Waals surface area contributed by atoms with E-state index in [2.05, 4.69) is 30.6 Å². The summed E-state index contributed by atoms with van der Waals surface area (Å²) in [6.45, 7) is 5.88. The molecule has 0 fully saturated rings. The Balaban J connectivity index is 2.72. The lowest BCUT2D eigenvalue weighted by atomic mass is 10.1. The molecule has 0 bridgehead atoms. The largest absolute Gasteiger partial charge is 0.329 e. The van der Waals surface area contributed by atoms with Crippen LogP contribution in [0.25, 0.3) is 0 Å². The predicted octanol–water partition coefficient (Wildman–Crippen LogP) is 1.67. The van der Waals surface area contributed by atoms with Gasteiger partial charge in [-0.05, 0) is 30.5 Å². The van der Waals surface area contributed by atoms with Gasteiger partial charge < -0.3 is 11.1 Å². The topological polar surface area (TPSA) is 38.0 Å². The highest BCUT2D eigenvalue weighted by atomic mass is 32.1.